The predicted octanol–water partition coefficient (Wildman–Crippen LogP) is 3.24. The summed E-state index contributed by atoms with van der Waals surface area (Å²) in [5.41, 5.74) is 3.10. The minimum atomic E-state index is -3.79. The van der Waals surface area contributed by atoms with E-state index in [1.165, 1.54) is 0 Å². The first kappa shape index (κ1) is 23.0. The minimum Gasteiger partial charge on any atom is -0.361 e. The van der Waals surface area contributed by atoms with Gasteiger partial charge in [0.2, 0.25) is 0 Å². The highest BCUT2D eigenvalue weighted by Gasteiger charge is 2.45. The summed E-state index contributed by atoms with van der Waals surface area (Å²) in [4.78, 5) is 3.41. The van der Waals surface area contributed by atoms with Crippen LogP contribution in [0.1, 0.15) is 31.9 Å². The van der Waals surface area contributed by atoms with Crippen molar-refractivity contribution in [2.24, 2.45) is 0 Å². The molecule has 0 saturated carbocycles. The van der Waals surface area contributed by atoms with Gasteiger partial charge in [0.25, 0.3) is 0 Å². The Morgan fingerprint density at radius 2 is 1.72 bits per heavy atom. The number of aromatic nitrogens is 1. The second kappa shape index (κ2) is 8.32. The van der Waals surface area contributed by atoms with Gasteiger partial charge in [0.1, 0.15) is 0 Å². The molecule has 0 amide bonds. The van der Waals surface area contributed by atoms with E-state index < -0.39 is 31.0 Å². The van der Waals surface area contributed by atoms with Crippen molar-refractivity contribution in [1.29, 1.82) is 0 Å². The predicted molar refractivity (Wildman–Crippen MR) is 129 cm³/mol. The van der Waals surface area contributed by atoms with E-state index in [-0.39, 0.29) is 21.8 Å². The van der Waals surface area contributed by atoms with E-state index in [1.54, 1.807) is 12.1 Å². The van der Waals surface area contributed by atoms with Crippen molar-refractivity contribution in [3.63, 3.8) is 0 Å². The van der Waals surface area contributed by atoms with Gasteiger partial charge in [0, 0.05) is 23.1 Å². The van der Waals surface area contributed by atoms with Crippen LogP contribution in [0.25, 0.3) is 10.9 Å². The molecule has 1 aliphatic heterocycles. The molecule has 172 valence electrons. The molecule has 1 aromatic heterocycles. The first-order valence-corrected chi connectivity index (χ1v) is 14.2. The van der Waals surface area contributed by atoms with Crippen LogP contribution in [0.4, 0.5) is 0 Å². The average molecular weight is 475 g/mol. The third-order valence-electron chi connectivity index (χ3n) is 6.22. The molecular formula is C24H30N2O4S2. The summed E-state index contributed by atoms with van der Waals surface area (Å²) in [6.07, 6.45) is 2.62. The van der Waals surface area contributed by atoms with Gasteiger partial charge in [-0.2, -0.15) is 0 Å². The van der Waals surface area contributed by atoms with Gasteiger partial charge >= 0.3 is 0 Å². The largest absolute Gasteiger partial charge is 0.361 e. The van der Waals surface area contributed by atoms with Gasteiger partial charge in [-0.05, 0) is 47.7 Å². The van der Waals surface area contributed by atoms with E-state index in [4.69, 9.17) is 0 Å². The van der Waals surface area contributed by atoms with E-state index in [9.17, 15) is 16.8 Å². The molecule has 8 heteroatoms. The lowest BCUT2D eigenvalue weighted by Crippen LogP contribution is -2.44. The van der Waals surface area contributed by atoms with Gasteiger partial charge in [0.15, 0.2) is 19.7 Å². The lowest BCUT2D eigenvalue weighted by Gasteiger charge is -2.22. The standard InChI is InChI=1S/C24H30N2O4S2/c1-24(2,3)18-8-10-19(11-9-18)32(29,30)23-16-31(27,28)15-22(23)25-13-12-17-14-26-21-7-5-4-6-20(17)21/h4-11,14,22-23,25-26H,12-13,15-16H2,1-3H3/t22-,23-/m1/s1. The molecule has 32 heavy (non-hydrogen) atoms. The van der Waals surface area contributed by atoms with E-state index in [0.717, 1.165) is 22.0 Å². The molecule has 3 aromatic rings. The van der Waals surface area contributed by atoms with Crippen LogP contribution in [0.5, 0.6) is 0 Å². The third kappa shape index (κ3) is 4.63. The monoisotopic (exact) mass is 474 g/mol. The number of hydrogen-bond donors (Lipinski definition) is 2. The topological polar surface area (TPSA) is 96.1 Å². The van der Waals surface area contributed by atoms with Crippen LogP contribution in [-0.4, -0.2) is 51.2 Å². The molecule has 2 aromatic carbocycles. The van der Waals surface area contributed by atoms with Gasteiger partial charge in [0.05, 0.1) is 21.7 Å². The Morgan fingerprint density at radius 1 is 1.03 bits per heavy atom. The van der Waals surface area contributed by atoms with Crippen LogP contribution in [0, 0.1) is 0 Å². The van der Waals surface area contributed by atoms with Crippen LogP contribution in [0.15, 0.2) is 59.6 Å². The van der Waals surface area contributed by atoms with Gasteiger partial charge in [-0.3, -0.25) is 0 Å². The number of hydrogen-bond acceptors (Lipinski definition) is 5. The van der Waals surface area contributed by atoms with Gasteiger partial charge < -0.3 is 10.3 Å². The fourth-order valence-electron chi connectivity index (χ4n) is 4.36. The maximum Gasteiger partial charge on any atom is 0.183 e. The summed E-state index contributed by atoms with van der Waals surface area (Å²) >= 11 is 0. The van der Waals surface area contributed by atoms with Gasteiger partial charge in [-0.1, -0.05) is 51.1 Å². The van der Waals surface area contributed by atoms with E-state index >= 15 is 0 Å². The zero-order valence-electron chi connectivity index (χ0n) is 18.6. The fourth-order valence-corrected chi connectivity index (χ4v) is 9.08. The molecule has 0 radical (unpaired) electrons. The maximum absolute atomic E-state index is 13.4. The molecule has 1 saturated heterocycles. The van der Waals surface area contributed by atoms with E-state index in [1.807, 2.05) is 42.6 Å². The number of aromatic amines is 1. The summed E-state index contributed by atoms with van der Waals surface area (Å²) in [5.74, 6) is -0.508. The average Bonchev–Trinajstić information content (AvgIpc) is 3.28. The minimum absolute atomic E-state index is 0.0918. The summed E-state index contributed by atoms with van der Waals surface area (Å²) in [6, 6.07) is 14.2. The molecule has 1 fully saturated rings. The van der Waals surface area contributed by atoms with E-state index in [0.29, 0.717) is 13.0 Å². The second-order valence-corrected chi connectivity index (χ2v) is 13.9. The fraction of sp³-hybridized carbons (Fsp3) is 0.417. The van der Waals surface area contributed by atoms with Crippen molar-refractivity contribution < 1.29 is 16.8 Å². The molecule has 4 rings (SSSR count). The number of benzene rings is 2. The number of fused-ring (bicyclic) bond motifs is 1. The molecule has 0 unspecified atom stereocenters. The molecule has 6 nitrogen and oxygen atoms in total. The van der Waals surface area contributed by atoms with Crippen LogP contribution in [0.3, 0.4) is 0 Å². The highest BCUT2D eigenvalue weighted by Crippen LogP contribution is 2.29. The lowest BCUT2D eigenvalue weighted by molar-refractivity contribution is 0.528. The first-order chi connectivity index (χ1) is 15.0. The van der Waals surface area contributed by atoms with Crippen molar-refractivity contribution in [2.45, 2.75) is 48.8 Å². The molecule has 0 spiro atoms. The summed E-state index contributed by atoms with van der Waals surface area (Å²) in [5, 5.41) is 3.36. The van der Waals surface area contributed by atoms with E-state index in [2.05, 4.69) is 31.1 Å². The Balaban J connectivity index is 1.51. The second-order valence-electron chi connectivity index (χ2n) is 9.60. The zero-order chi connectivity index (χ0) is 23.1. The van der Waals surface area contributed by atoms with Crippen LogP contribution in [0.2, 0.25) is 0 Å². The van der Waals surface area contributed by atoms with Crippen molar-refractivity contribution in [3.05, 3.63) is 65.9 Å². The highest BCUT2D eigenvalue weighted by atomic mass is 32.2. The van der Waals surface area contributed by atoms with Gasteiger partial charge in [-0.25, -0.2) is 16.8 Å². The Bertz CT molecular complexity index is 1320. The van der Waals surface area contributed by atoms with Crippen LogP contribution < -0.4 is 5.32 Å². The third-order valence-corrected chi connectivity index (χ3v) is 10.4. The molecule has 2 N–H and O–H groups in total. The number of para-hydroxylation sites is 1. The summed E-state index contributed by atoms with van der Waals surface area (Å²) in [6.45, 7) is 6.69. The first-order valence-electron chi connectivity index (χ1n) is 10.8. The Hall–Kier alpha value is -2.16. The lowest BCUT2D eigenvalue weighted by atomic mass is 9.87. The molecular weight excluding hydrogens is 444 g/mol. The zero-order valence-corrected chi connectivity index (χ0v) is 20.3. The number of nitrogens with one attached hydrogen (secondary N) is 2. The summed E-state index contributed by atoms with van der Waals surface area (Å²) in [7, 11) is -7.22. The molecule has 0 aliphatic carbocycles. The van der Waals surface area contributed by atoms with Crippen LogP contribution >= 0.6 is 0 Å². The number of sulfone groups is 2. The normalized spacial score (nSPS) is 21.2. The van der Waals surface area contributed by atoms with Gasteiger partial charge in [-0.15, -0.1) is 0 Å². The molecule has 1 aliphatic rings. The van der Waals surface area contributed by atoms with Crippen molar-refractivity contribution in [2.75, 3.05) is 18.1 Å². The van der Waals surface area contributed by atoms with Crippen LogP contribution in [-0.2, 0) is 31.5 Å². The maximum atomic E-state index is 13.4. The summed E-state index contributed by atoms with van der Waals surface area (Å²) < 4.78 is 51.4. The number of H-pyrrole nitrogens is 1. The number of rotatable bonds is 6. The molecule has 0 bridgehead atoms. The quantitative estimate of drug-likeness (QED) is 0.572. The Morgan fingerprint density at radius 3 is 2.41 bits per heavy atom. The Labute approximate surface area is 190 Å². The SMILES string of the molecule is CC(C)(C)c1ccc(S(=O)(=O)[C@@H]2CS(=O)(=O)C[C@H]2NCCc2c[nH]c3ccccc23)cc1. The van der Waals surface area contributed by atoms with Crippen molar-refractivity contribution in [3.8, 4) is 0 Å². The Kier molecular flexibility index (Phi) is 5.98. The molecule has 2 atom stereocenters. The molecule has 2 heterocycles. The van der Waals surface area contributed by atoms with Crippen molar-refractivity contribution in [1.82, 2.24) is 10.3 Å². The highest BCUT2D eigenvalue weighted by molar-refractivity contribution is 7.96. The van der Waals surface area contributed by atoms with Crippen molar-refractivity contribution >= 4 is 30.6 Å². The smallest absolute Gasteiger partial charge is 0.183 e.